The van der Waals surface area contributed by atoms with Crippen molar-refractivity contribution in [3.8, 4) is 17.2 Å². The van der Waals surface area contributed by atoms with Crippen LogP contribution in [-0.4, -0.2) is 34.5 Å². The molecule has 0 aliphatic heterocycles. The van der Waals surface area contributed by atoms with Crippen molar-refractivity contribution < 1.29 is 28.1 Å². The fourth-order valence-electron chi connectivity index (χ4n) is 6.29. The number of methoxy groups -OCH3 is 2. The lowest BCUT2D eigenvalue weighted by atomic mass is 10.1. The number of phenols is 1. The molecule has 340 valence electrons. The van der Waals surface area contributed by atoms with E-state index in [0.29, 0.717) is 26.2 Å². The Kier molecular flexibility index (Phi) is 19.9. The number of hydrogen-bond donors (Lipinski definition) is 2. The predicted molar refractivity (Wildman–Crippen MR) is 265 cm³/mol. The molecule has 1 unspecified atom stereocenters. The number of alkyl halides is 2. The molecule has 14 heteroatoms. The van der Waals surface area contributed by atoms with Gasteiger partial charge in [-0.1, -0.05) is 113 Å². The summed E-state index contributed by atoms with van der Waals surface area (Å²) in [5, 5.41) is 11.2. The van der Waals surface area contributed by atoms with Crippen molar-refractivity contribution in [1.29, 1.82) is 0 Å². The predicted octanol–water partition coefficient (Wildman–Crippen LogP) is 13.6. The van der Waals surface area contributed by atoms with E-state index in [2.05, 4.69) is 133 Å². The number of aryl methyl sites for hydroxylation is 2. The lowest BCUT2D eigenvalue weighted by Gasteiger charge is -2.26. The van der Waals surface area contributed by atoms with Crippen LogP contribution in [0.4, 0.5) is 20.4 Å². The van der Waals surface area contributed by atoms with Gasteiger partial charge in [-0.2, -0.15) is 8.78 Å². The van der Waals surface area contributed by atoms with Crippen molar-refractivity contribution in [3.63, 3.8) is 0 Å². The maximum Gasteiger partial charge on any atom is 0.362 e. The highest BCUT2D eigenvalue weighted by Crippen LogP contribution is 2.32. The van der Waals surface area contributed by atoms with Crippen LogP contribution in [0.3, 0.4) is 0 Å². The third-order valence-electron chi connectivity index (χ3n) is 9.99. The largest absolute Gasteiger partial charge is 0.508 e. The Bertz CT molecular complexity index is 2350. The van der Waals surface area contributed by atoms with E-state index in [0.717, 1.165) is 72.8 Å². The van der Waals surface area contributed by atoms with Gasteiger partial charge in [0.05, 0.1) is 14.2 Å². The van der Waals surface area contributed by atoms with Crippen molar-refractivity contribution in [1.82, 2.24) is 9.97 Å². The number of anilines is 2. The van der Waals surface area contributed by atoms with Crippen molar-refractivity contribution in [3.05, 3.63) is 181 Å². The molecule has 2 aromatic heterocycles. The Morgan fingerprint density at radius 3 is 1.61 bits per heavy atom. The van der Waals surface area contributed by atoms with Crippen LogP contribution in [0.15, 0.2) is 137 Å². The first-order chi connectivity index (χ1) is 30.6. The summed E-state index contributed by atoms with van der Waals surface area (Å²) in [6.07, 6.45) is -0.136. The van der Waals surface area contributed by atoms with Gasteiger partial charge in [-0.3, -0.25) is 5.14 Å². The van der Waals surface area contributed by atoms with Gasteiger partial charge in [0, 0.05) is 46.5 Å². The monoisotopic (exact) mass is 1020 g/mol. The summed E-state index contributed by atoms with van der Waals surface area (Å²) in [5.74, 6) is 3.08. The molecule has 2 heterocycles. The minimum Gasteiger partial charge on any atom is -0.508 e. The van der Waals surface area contributed by atoms with E-state index >= 15 is 0 Å². The second-order valence-corrected chi connectivity index (χ2v) is 17.1. The molecule has 0 bridgehead atoms. The highest BCUT2D eigenvalue weighted by molar-refractivity contribution is 9.10. The molecule has 0 spiro atoms. The van der Waals surface area contributed by atoms with E-state index in [4.69, 9.17) is 19.4 Å². The van der Waals surface area contributed by atoms with Crippen LogP contribution in [0.25, 0.3) is 0 Å². The first-order valence-corrected chi connectivity index (χ1v) is 23.1. The molecule has 0 saturated heterocycles. The number of ether oxygens (including phenoxy) is 3. The van der Waals surface area contributed by atoms with E-state index in [9.17, 15) is 13.9 Å². The van der Waals surface area contributed by atoms with Gasteiger partial charge in [0.1, 0.15) is 35.0 Å². The first kappa shape index (κ1) is 51.5. The highest BCUT2D eigenvalue weighted by Gasteiger charge is 2.33. The molecule has 1 atom stereocenters. The van der Waals surface area contributed by atoms with Gasteiger partial charge in [-0.15, -0.1) is 0 Å². The van der Waals surface area contributed by atoms with Crippen molar-refractivity contribution in [2.24, 2.45) is 5.14 Å². The lowest BCUT2D eigenvalue weighted by Crippen LogP contribution is -2.23. The van der Waals surface area contributed by atoms with Crippen LogP contribution in [0.1, 0.15) is 71.6 Å². The molecule has 0 amide bonds. The van der Waals surface area contributed by atoms with Crippen molar-refractivity contribution >= 4 is 55.4 Å². The van der Waals surface area contributed by atoms with Gasteiger partial charge in [-0.25, -0.2) is 9.97 Å². The molecule has 0 radical (unpaired) electrons. The third kappa shape index (κ3) is 15.2. The summed E-state index contributed by atoms with van der Waals surface area (Å²) < 4.78 is 42.3. The lowest BCUT2D eigenvalue weighted by molar-refractivity contribution is 0.0753. The zero-order valence-corrected chi connectivity index (χ0v) is 41.5. The van der Waals surface area contributed by atoms with Gasteiger partial charge in [-0.05, 0) is 128 Å². The van der Waals surface area contributed by atoms with E-state index < -0.39 is 11.0 Å². The van der Waals surface area contributed by atoms with E-state index in [1.807, 2.05) is 70.2 Å². The van der Waals surface area contributed by atoms with Crippen LogP contribution >= 0.6 is 43.8 Å². The maximum atomic E-state index is 12.2. The molecular formula is C50H57Br2F2N5O4S. The zero-order valence-electron chi connectivity index (χ0n) is 37.5. The van der Waals surface area contributed by atoms with E-state index in [1.54, 1.807) is 19.2 Å². The fourth-order valence-corrected chi connectivity index (χ4v) is 7.53. The third-order valence-corrected chi connectivity index (χ3v) is 11.8. The molecule has 4 aromatic carbocycles. The standard InChI is InChI=1S/C44H44Br2N4O3.C4H7F2NOS.C2H6/c1-29-22-38(45)23-43(47-29)49(27-35-10-18-40(52-5)19-11-35)25-33-6-14-37(15-7-33)32(4)53-41-20-12-36(13-21-41)28-50(26-34-8-16-39(51)17-9-34)44-24-42(46)30(2)31(3)48-44;1-3(8-2)4(5,6)9-7;1-2/h6-24,32,51H,25-28H2,1-5H3;1,7H2,2H3;1-2H3. The maximum absolute atomic E-state index is 12.2. The summed E-state index contributed by atoms with van der Waals surface area (Å²) in [6, 6.07) is 38.6. The number of aromatic nitrogens is 2. The van der Waals surface area contributed by atoms with Crippen molar-refractivity contribution in [2.75, 3.05) is 24.0 Å². The average molecular weight is 1020 g/mol. The van der Waals surface area contributed by atoms with Crippen LogP contribution in [0.5, 0.6) is 17.2 Å². The molecule has 0 aliphatic rings. The van der Waals surface area contributed by atoms with Gasteiger partial charge < -0.3 is 29.1 Å². The molecule has 0 fully saturated rings. The Hall–Kier alpha value is -5.15. The topological polar surface area (TPSA) is 106 Å². The van der Waals surface area contributed by atoms with Crippen LogP contribution in [-0.2, 0) is 30.9 Å². The van der Waals surface area contributed by atoms with E-state index in [1.165, 1.54) is 11.1 Å². The number of pyridine rings is 2. The van der Waals surface area contributed by atoms with Gasteiger partial charge in [0.15, 0.2) is 5.76 Å². The molecule has 6 aromatic rings. The second kappa shape index (κ2) is 24.8. The number of nitrogens with zero attached hydrogens (tertiary/aromatic N) is 4. The average Bonchev–Trinajstić information content (AvgIpc) is 3.29. The number of nitrogens with two attached hydrogens (primary N) is 1. The zero-order chi connectivity index (χ0) is 47.0. The molecule has 3 N–H and O–H groups in total. The molecule has 6 rings (SSSR count). The summed E-state index contributed by atoms with van der Waals surface area (Å²) >= 11 is 7.28. The Labute approximate surface area is 398 Å². The minimum absolute atomic E-state index is 0.0981. The molecule has 9 nitrogen and oxygen atoms in total. The van der Waals surface area contributed by atoms with Gasteiger partial charge >= 0.3 is 5.25 Å². The smallest absolute Gasteiger partial charge is 0.362 e. The van der Waals surface area contributed by atoms with E-state index in [-0.39, 0.29) is 23.8 Å². The number of benzene rings is 4. The number of aromatic hydroxyl groups is 1. The number of phenolic OH excluding ortho intramolecular Hbond substituents is 1. The summed E-state index contributed by atoms with van der Waals surface area (Å²) in [4.78, 5) is 14.3. The number of hydrogen-bond acceptors (Lipinski definition) is 10. The Morgan fingerprint density at radius 2 is 1.19 bits per heavy atom. The molecule has 0 aliphatic carbocycles. The fraction of sp³-hybridized carbons (Fsp3) is 0.280. The highest BCUT2D eigenvalue weighted by atomic mass is 79.9. The first-order valence-electron chi connectivity index (χ1n) is 20.6. The molecule has 64 heavy (non-hydrogen) atoms. The number of rotatable bonds is 17. The van der Waals surface area contributed by atoms with Gasteiger partial charge in [0.25, 0.3) is 0 Å². The molecule has 0 saturated carbocycles. The quantitative estimate of drug-likeness (QED) is 0.0678. The van der Waals surface area contributed by atoms with Crippen LogP contribution in [0.2, 0.25) is 0 Å². The van der Waals surface area contributed by atoms with Crippen molar-refractivity contribution in [2.45, 2.75) is 79.1 Å². The second-order valence-electron chi connectivity index (χ2n) is 14.6. The number of halogens is 4. The minimum atomic E-state index is -3.17. The summed E-state index contributed by atoms with van der Waals surface area (Å²) in [6.45, 7) is 17.8. The summed E-state index contributed by atoms with van der Waals surface area (Å²) in [5.41, 5.74) is 8.75. The van der Waals surface area contributed by atoms with Crippen LogP contribution < -0.4 is 24.4 Å². The Morgan fingerprint density at radius 1 is 0.734 bits per heavy atom. The summed E-state index contributed by atoms with van der Waals surface area (Å²) in [7, 11) is 2.80. The Balaban J connectivity index is 0.000000728. The van der Waals surface area contributed by atoms with Crippen LogP contribution in [0, 0.1) is 20.8 Å². The molecular weight excluding hydrogens is 964 g/mol. The SMILES string of the molecule is C=C(OC)C(F)(F)SN.CC.COc1ccc(CN(Cc2ccc(C(C)Oc3ccc(CN(Cc4ccc(O)cc4)c4cc(Br)c(C)c(C)n4)cc3)cc2)c2cc(Br)cc(C)n2)cc1. The van der Waals surface area contributed by atoms with Gasteiger partial charge in [0.2, 0.25) is 0 Å². The normalized spacial score (nSPS) is 11.3.